The fourth-order valence-electron chi connectivity index (χ4n) is 10.8. The second kappa shape index (κ2) is 20.2. The SMILES string of the molecule is C=C(CC(O)C[C@@H](C)[C@H]1CCC2/C(=C/Br)CCC[C@@]21C)C(=O)OC.C=C1C[C@@H](C[C@@H](C)[C@H]2CC[C@H]3/C(=C/Br)CCC[C@]23C)OC1=O.Cl.[Li+].[OH-]. The molecular formula is C39H60Br2ClLiO6. The van der Waals surface area contributed by atoms with E-state index in [-0.39, 0.29) is 48.8 Å². The molecule has 0 bridgehead atoms. The second-order valence-corrected chi connectivity index (χ2v) is 16.7. The topological polar surface area (TPSA) is 103 Å². The van der Waals surface area contributed by atoms with Gasteiger partial charge in [0.25, 0.3) is 0 Å². The van der Waals surface area contributed by atoms with E-state index in [4.69, 9.17) is 4.74 Å². The van der Waals surface area contributed by atoms with Crippen LogP contribution in [0.25, 0.3) is 0 Å². The van der Waals surface area contributed by atoms with Crippen LogP contribution < -0.4 is 18.9 Å². The van der Waals surface area contributed by atoms with Crippen molar-refractivity contribution in [1.29, 1.82) is 0 Å². The van der Waals surface area contributed by atoms with E-state index in [1.807, 2.05) is 0 Å². The number of aliphatic hydroxyl groups is 1. The fraction of sp³-hybridized carbons (Fsp3) is 0.744. The minimum absolute atomic E-state index is 0. The number of aliphatic hydroxyl groups excluding tert-OH is 1. The molecule has 0 spiro atoms. The number of ether oxygens (including phenoxy) is 2. The molecular weight excluding hydrogens is 767 g/mol. The number of hydrogen-bond donors (Lipinski definition) is 1. The minimum Gasteiger partial charge on any atom is -0.870 e. The molecule has 49 heavy (non-hydrogen) atoms. The Kier molecular flexibility index (Phi) is 19.3. The monoisotopic (exact) mass is 824 g/mol. The van der Waals surface area contributed by atoms with Gasteiger partial charge in [0.1, 0.15) is 6.10 Å². The van der Waals surface area contributed by atoms with Crippen molar-refractivity contribution in [2.45, 2.75) is 130 Å². The van der Waals surface area contributed by atoms with Gasteiger partial charge in [-0.15, -0.1) is 12.4 Å². The van der Waals surface area contributed by atoms with Gasteiger partial charge in [-0.2, -0.15) is 0 Å². The van der Waals surface area contributed by atoms with E-state index in [1.165, 1.54) is 71.3 Å². The largest absolute Gasteiger partial charge is 1.00 e. The van der Waals surface area contributed by atoms with E-state index >= 15 is 0 Å². The van der Waals surface area contributed by atoms with Gasteiger partial charge in [-0.05, 0) is 133 Å². The molecule has 1 aliphatic heterocycles. The van der Waals surface area contributed by atoms with Crippen LogP contribution in [0.4, 0.5) is 0 Å². The smallest absolute Gasteiger partial charge is 0.870 e. The molecule has 4 saturated carbocycles. The van der Waals surface area contributed by atoms with Crippen LogP contribution in [0, 0.1) is 46.3 Å². The van der Waals surface area contributed by atoms with Gasteiger partial charge in [0.2, 0.25) is 0 Å². The Labute approximate surface area is 331 Å². The van der Waals surface area contributed by atoms with Gasteiger partial charge < -0.3 is 20.1 Å². The Morgan fingerprint density at radius 3 is 1.92 bits per heavy atom. The minimum atomic E-state index is -0.524. The number of cyclic esters (lactones) is 1. The number of halogens is 3. The Hall–Kier alpha value is -0.333. The molecule has 274 valence electrons. The summed E-state index contributed by atoms with van der Waals surface area (Å²) in [6.45, 7) is 17.1. The molecule has 2 N–H and O–H groups in total. The average Bonchev–Trinajstić information content (AvgIpc) is 3.67. The normalized spacial score (nSPS) is 35.2. The van der Waals surface area contributed by atoms with Crippen LogP contribution in [0.1, 0.15) is 118 Å². The molecule has 0 radical (unpaired) electrons. The Morgan fingerprint density at radius 1 is 1.00 bits per heavy atom. The molecule has 2 unspecified atom stereocenters. The fourth-order valence-corrected chi connectivity index (χ4v) is 11.9. The van der Waals surface area contributed by atoms with E-state index in [0.717, 1.165) is 31.1 Å². The molecule has 0 aromatic carbocycles. The predicted octanol–water partition coefficient (Wildman–Crippen LogP) is 7.62. The van der Waals surface area contributed by atoms with Gasteiger partial charge >= 0.3 is 30.8 Å². The van der Waals surface area contributed by atoms with Crippen molar-refractivity contribution in [1.82, 2.24) is 0 Å². The molecule has 5 rings (SSSR count). The third-order valence-electron chi connectivity index (χ3n) is 13.0. The van der Waals surface area contributed by atoms with Gasteiger partial charge in [-0.3, -0.25) is 0 Å². The van der Waals surface area contributed by atoms with Crippen LogP contribution >= 0.6 is 44.3 Å². The number of hydrogen-bond acceptors (Lipinski definition) is 6. The molecule has 0 aromatic heterocycles. The summed E-state index contributed by atoms with van der Waals surface area (Å²) in [4.78, 5) is 27.3. The molecule has 0 amide bonds. The van der Waals surface area contributed by atoms with Crippen molar-refractivity contribution < 1.29 is 48.5 Å². The summed E-state index contributed by atoms with van der Waals surface area (Å²) >= 11 is 7.14. The van der Waals surface area contributed by atoms with Crippen LogP contribution in [0.3, 0.4) is 0 Å². The first-order valence-corrected chi connectivity index (χ1v) is 19.5. The predicted molar refractivity (Wildman–Crippen MR) is 203 cm³/mol. The zero-order valence-electron chi connectivity index (χ0n) is 30.8. The first-order chi connectivity index (χ1) is 21.8. The molecule has 4 aliphatic carbocycles. The molecule has 6 nitrogen and oxygen atoms in total. The molecule has 5 aliphatic rings. The van der Waals surface area contributed by atoms with E-state index in [0.29, 0.717) is 52.1 Å². The van der Waals surface area contributed by atoms with E-state index in [9.17, 15) is 14.7 Å². The van der Waals surface area contributed by atoms with Crippen LogP contribution in [0.15, 0.2) is 45.4 Å². The summed E-state index contributed by atoms with van der Waals surface area (Å²) in [6.07, 6.45) is 15.1. The van der Waals surface area contributed by atoms with E-state index in [1.54, 1.807) is 11.1 Å². The van der Waals surface area contributed by atoms with Gasteiger partial charge in [-0.25, -0.2) is 9.59 Å². The van der Waals surface area contributed by atoms with Crippen molar-refractivity contribution in [3.63, 3.8) is 0 Å². The summed E-state index contributed by atoms with van der Waals surface area (Å²) in [5.41, 5.74) is 4.96. The first-order valence-electron chi connectivity index (χ1n) is 17.7. The zero-order valence-corrected chi connectivity index (χ0v) is 34.8. The maximum absolute atomic E-state index is 11.5. The molecule has 0 aromatic rings. The molecule has 5 fully saturated rings. The molecule has 10 heteroatoms. The number of allylic oxidation sites excluding steroid dienone is 2. The Bertz CT molecular complexity index is 1210. The second-order valence-electron chi connectivity index (χ2n) is 15.8. The summed E-state index contributed by atoms with van der Waals surface area (Å²) < 4.78 is 10.1. The maximum atomic E-state index is 11.5. The number of rotatable bonds is 9. The van der Waals surface area contributed by atoms with Gasteiger partial charge in [-0.1, -0.05) is 83.9 Å². The van der Waals surface area contributed by atoms with Crippen molar-refractivity contribution >= 4 is 56.2 Å². The average molecular weight is 827 g/mol. The Morgan fingerprint density at radius 2 is 1.49 bits per heavy atom. The van der Waals surface area contributed by atoms with Gasteiger partial charge in [0, 0.05) is 24.0 Å². The first kappa shape index (κ1) is 46.7. The van der Waals surface area contributed by atoms with Crippen LogP contribution in [0.5, 0.6) is 0 Å². The van der Waals surface area contributed by atoms with E-state index in [2.05, 4.69) is 87.4 Å². The van der Waals surface area contributed by atoms with Crippen molar-refractivity contribution in [2.24, 2.45) is 46.3 Å². The molecule has 10 atom stereocenters. The number of fused-ring (bicyclic) bond motifs is 2. The van der Waals surface area contributed by atoms with E-state index < -0.39 is 12.1 Å². The quantitative estimate of drug-likeness (QED) is 0.146. The molecule has 1 saturated heterocycles. The summed E-state index contributed by atoms with van der Waals surface area (Å²) in [7, 11) is 1.35. The zero-order chi connectivity index (χ0) is 33.8. The molecule has 1 heterocycles. The Balaban J connectivity index is 0.000000463. The summed E-state index contributed by atoms with van der Waals surface area (Å²) in [5, 5.41) is 10.4. The third kappa shape index (κ3) is 10.4. The van der Waals surface area contributed by atoms with Crippen molar-refractivity contribution in [3.8, 4) is 0 Å². The van der Waals surface area contributed by atoms with Crippen LogP contribution in [0.2, 0.25) is 0 Å². The van der Waals surface area contributed by atoms with Gasteiger partial charge in [0.05, 0.1) is 13.2 Å². The van der Waals surface area contributed by atoms with Gasteiger partial charge in [0.15, 0.2) is 0 Å². The van der Waals surface area contributed by atoms with Crippen molar-refractivity contribution in [2.75, 3.05) is 7.11 Å². The number of methoxy groups -OCH3 is 1. The maximum Gasteiger partial charge on any atom is 1.00 e. The summed E-state index contributed by atoms with van der Waals surface area (Å²) in [5.74, 6) is 3.24. The summed E-state index contributed by atoms with van der Waals surface area (Å²) in [6, 6.07) is 0. The number of carbonyl (C=O) groups is 2. The van der Waals surface area contributed by atoms with Crippen LogP contribution in [-0.4, -0.2) is 41.8 Å². The number of carbonyl (C=O) groups excluding carboxylic acids is 2. The number of esters is 2. The van der Waals surface area contributed by atoms with Crippen molar-refractivity contribution in [3.05, 3.63) is 45.4 Å². The third-order valence-corrected chi connectivity index (χ3v) is 14.2. The standard InChI is InChI=1S/C20H31BrO3.C19H27BrO2.ClH.Li.H2O/c1-13(10-16(22)11-14(2)19(23)24-4)17-7-8-18-15(12-21)6-5-9-20(17,18)3;1-12(9-15-10-13(2)18(21)22-15)16-6-7-17-14(11-20)5-4-8-19(16,17)3;;;/h12-13,16-18,22H,2,5-11H2,1,3-4H3;11-12,15-17H,2,4-10H2,1,3H3;1H;;1H2/q;;;+1;/p-1/b15-12+;14-11+;;;/t13-,16?,17-,18?,20-;12-,15-,16-,17+,19-;;;/m11.../s1. The van der Waals surface area contributed by atoms with Crippen LogP contribution in [-0.2, 0) is 19.1 Å².